The molecule has 4 heteroatoms. The minimum absolute atomic E-state index is 0.0251. The summed E-state index contributed by atoms with van der Waals surface area (Å²) < 4.78 is 5.42. The van der Waals surface area contributed by atoms with Crippen molar-refractivity contribution in [1.29, 1.82) is 0 Å². The third-order valence-corrected chi connectivity index (χ3v) is 4.20. The van der Waals surface area contributed by atoms with Crippen LogP contribution in [-0.4, -0.2) is 25.0 Å². The Labute approximate surface area is 118 Å². The third-order valence-electron chi connectivity index (χ3n) is 4.20. The smallest absolute Gasteiger partial charge is 0.255 e. The van der Waals surface area contributed by atoms with E-state index in [1.807, 2.05) is 31.3 Å². The highest BCUT2D eigenvalue weighted by Gasteiger charge is 2.23. The number of amides is 1. The Morgan fingerprint density at radius 1 is 1.15 bits per heavy atom. The number of hydrogen-bond donors (Lipinski definition) is 2. The Morgan fingerprint density at radius 3 is 2.60 bits per heavy atom. The van der Waals surface area contributed by atoms with Crippen LogP contribution in [0.5, 0.6) is 0 Å². The minimum Gasteiger partial charge on any atom is -0.463 e. The van der Waals surface area contributed by atoms with Crippen molar-refractivity contribution in [1.82, 2.24) is 10.6 Å². The van der Waals surface area contributed by atoms with Gasteiger partial charge in [0.1, 0.15) is 11.8 Å². The van der Waals surface area contributed by atoms with Crippen LogP contribution in [0.2, 0.25) is 0 Å². The number of para-hydroxylation sites is 1. The summed E-state index contributed by atoms with van der Waals surface area (Å²) >= 11 is 0. The van der Waals surface area contributed by atoms with Gasteiger partial charge in [0.2, 0.25) is 0 Å². The molecule has 2 N–H and O–H groups in total. The van der Waals surface area contributed by atoms with Crippen LogP contribution >= 0.6 is 0 Å². The van der Waals surface area contributed by atoms with Gasteiger partial charge in [-0.1, -0.05) is 18.2 Å². The fraction of sp³-hybridized carbons (Fsp3) is 0.438. The Balaban J connectivity index is 1.68. The Bertz CT molecular complexity index is 597. The molecule has 106 valence electrons. The molecule has 1 amide bonds. The summed E-state index contributed by atoms with van der Waals surface area (Å²) in [4.78, 5) is 12.4. The largest absolute Gasteiger partial charge is 0.463 e. The van der Waals surface area contributed by atoms with Gasteiger partial charge in [-0.25, -0.2) is 0 Å². The van der Waals surface area contributed by atoms with Crippen LogP contribution in [0.4, 0.5) is 0 Å². The lowest BCUT2D eigenvalue weighted by molar-refractivity contribution is 0.0925. The van der Waals surface area contributed by atoms with E-state index in [1.165, 1.54) is 0 Å². The lowest BCUT2D eigenvalue weighted by atomic mass is 9.91. The molecule has 0 bridgehead atoms. The predicted octanol–water partition coefficient (Wildman–Crippen LogP) is 2.69. The van der Waals surface area contributed by atoms with Gasteiger partial charge in [0.15, 0.2) is 0 Å². The summed E-state index contributed by atoms with van der Waals surface area (Å²) in [6.07, 6.45) is 5.86. The predicted molar refractivity (Wildman–Crippen MR) is 78.8 cm³/mol. The molecule has 0 radical (unpaired) electrons. The van der Waals surface area contributed by atoms with Crippen LogP contribution in [0.15, 0.2) is 34.9 Å². The minimum atomic E-state index is -0.0251. The van der Waals surface area contributed by atoms with Crippen LogP contribution < -0.4 is 10.6 Å². The van der Waals surface area contributed by atoms with E-state index in [1.54, 1.807) is 6.26 Å². The zero-order valence-electron chi connectivity index (χ0n) is 11.7. The highest BCUT2D eigenvalue weighted by atomic mass is 16.3. The summed E-state index contributed by atoms with van der Waals surface area (Å²) in [5.41, 5.74) is 1.40. The van der Waals surface area contributed by atoms with Crippen LogP contribution in [-0.2, 0) is 0 Å². The van der Waals surface area contributed by atoms with Crippen molar-refractivity contribution in [2.24, 2.45) is 0 Å². The summed E-state index contributed by atoms with van der Waals surface area (Å²) in [5.74, 6) is -0.0251. The molecule has 1 saturated carbocycles. The van der Waals surface area contributed by atoms with Crippen LogP contribution in [0.25, 0.3) is 11.0 Å². The summed E-state index contributed by atoms with van der Waals surface area (Å²) in [5, 5.41) is 7.32. The van der Waals surface area contributed by atoms with Crippen molar-refractivity contribution in [2.75, 3.05) is 7.05 Å². The monoisotopic (exact) mass is 272 g/mol. The lowest BCUT2D eigenvalue weighted by Gasteiger charge is -2.28. The maximum Gasteiger partial charge on any atom is 0.255 e. The normalized spacial score (nSPS) is 22.9. The second kappa shape index (κ2) is 5.67. The molecule has 1 aliphatic carbocycles. The van der Waals surface area contributed by atoms with Gasteiger partial charge in [-0.3, -0.25) is 4.79 Å². The molecular formula is C16H20N2O2. The highest BCUT2D eigenvalue weighted by Crippen LogP contribution is 2.22. The Morgan fingerprint density at radius 2 is 1.85 bits per heavy atom. The summed E-state index contributed by atoms with van der Waals surface area (Å²) in [6, 6.07) is 8.51. The van der Waals surface area contributed by atoms with E-state index in [2.05, 4.69) is 10.6 Å². The number of benzene rings is 1. The van der Waals surface area contributed by atoms with E-state index in [9.17, 15) is 4.79 Å². The quantitative estimate of drug-likeness (QED) is 0.903. The van der Waals surface area contributed by atoms with E-state index in [0.717, 1.165) is 36.7 Å². The fourth-order valence-electron chi connectivity index (χ4n) is 2.94. The van der Waals surface area contributed by atoms with Crippen LogP contribution in [0.3, 0.4) is 0 Å². The molecule has 1 heterocycles. The maximum atomic E-state index is 12.4. The van der Waals surface area contributed by atoms with Crippen molar-refractivity contribution >= 4 is 16.9 Å². The second-order valence-corrected chi connectivity index (χ2v) is 5.46. The van der Waals surface area contributed by atoms with Crippen molar-refractivity contribution in [2.45, 2.75) is 37.8 Å². The summed E-state index contributed by atoms with van der Waals surface area (Å²) in [7, 11) is 2.00. The number of carbonyl (C=O) groups is 1. The lowest BCUT2D eigenvalue weighted by Crippen LogP contribution is -2.41. The van der Waals surface area contributed by atoms with Crippen molar-refractivity contribution < 1.29 is 9.21 Å². The van der Waals surface area contributed by atoms with E-state index in [4.69, 9.17) is 4.42 Å². The number of rotatable bonds is 3. The van der Waals surface area contributed by atoms with Gasteiger partial charge in [-0.05, 0) is 38.8 Å². The molecule has 1 aliphatic rings. The Kier molecular flexibility index (Phi) is 3.74. The zero-order valence-corrected chi connectivity index (χ0v) is 11.7. The van der Waals surface area contributed by atoms with E-state index >= 15 is 0 Å². The van der Waals surface area contributed by atoms with Gasteiger partial charge >= 0.3 is 0 Å². The SMILES string of the molecule is CNC1CCC(NC(=O)c2coc3ccccc23)CC1. The molecule has 0 spiro atoms. The van der Waals surface area contributed by atoms with Crippen LogP contribution in [0.1, 0.15) is 36.0 Å². The van der Waals surface area contributed by atoms with Crippen molar-refractivity contribution in [3.05, 3.63) is 36.1 Å². The number of fused-ring (bicyclic) bond motifs is 1. The van der Waals surface area contributed by atoms with Gasteiger partial charge in [-0.2, -0.15) is 0 Å². The van der Waals surface area contributed by atoms with Crippen molar-refractivity contribution in [3.63, 3.8) is 0 Å². The first kappa shape index (κ1) is 13.2. The number of furan rings is 1. The molecule has 20 heavy (non-hydrogen) atoms. The molecule has 1 aromatic carbocycles. The standard InChI is InChI=1S/C16H20N2O2/c1-17-11-6-8-12(9-7-11)18-16(19)14-10-20-15-5-3-2-4-13(14)15/h2-5,10-12,17H,6-9H2,1H3,(H,18,19). The number of hydrogen-bond acceptors (Lipinski definition) is 3. The van der Waals surface area contributed by atoms with Gasteiger partial charge in [0.05, 0.1) is 5.56 Å². The molecule has 0 aliphatic heterocycles. The highest BCUT2D eigenvalue weighted by molar-refractivity contribution is 6.05. The topological polar surface area (TPSA) is 54.3 Å². The molecule has 0 saturated heterocycles. The van der Waals surface area contributed by atoms with E-state index < -0.39 is 0 Å². The van der Waals surface area contributed by atoms with Gasteiger partial charge in [0.25, 0.3) is 5.91 Å². The molecule has 1 aromatic heterocycles. The summed E-state index contributed by atoms with van der Waals surface area (Å²) in [6.45, 7) is 0. The van der Waals surface area contributed by atoms with Crippen LogP contribution in [0, 0.1) is 0 Å². The van der Waals surface area contributed by atoms with Gasteiger partial charge in [0, 0.05) is 17.5 Å². The number of nitrogens with one attached hydrogen (secondary N) is 2. The molecule has 0 unspecified atom stereocenters. The molecule has 2 aromatic rings. The zero-order chi connectivity index (χ0) is 13.9. The molecular weight excluding hydrogens is 252 g/mol. The van der Waals surface area contributed by atoms with Crippen molar-refractivity contribution in [3.8, 4) is 0 Å². The first-order valence-electron chi connectivity index (χ1n) is 7.22. The van der Waals surface area contributed by atoms with Gasteiger partial charge < -0.3 is 15.1 Å². The fourth-order valence-corrected chi connectivity index (χ4v) is 2.94. The molecule has 0 atom stereocenters. The first-order valence-corrected chi connectivity index (χ1v) is 7.22. The maximum absolute atomic E-state index is 12.4. The molecule has 3 rings (SSSR count). The average Bonchev–Trinajstić information content (AvgIpc) is 2.92. The Hall–Kier alpha value is -1.81. The van der Waals surface area contributed by atoms with E-state index in [0.29, 0.717) is 11.6 Å². The molecule has 1 fully saturated rings. The van der Waals surface area contributed by atoms with E-state index in [-0.39, 0.29) is 11.9 Å². The first-order chi connectivity index (χ1) is 9.78. The second-order valence-electron chi connectivity index (χ2n) is 5.46. The average molecular weight is 272 g/mol. The van der Waals surface area contributed by atoms with Gasteiger partial charge in [-0.15, -0.1) is 0 Å². The molecule has 4 nitrogen and oxygen atoms in total. The third kappa shape index (κ3) is 2.56. The number of carbonyl (C=O) groups excluding carboxylic acids is 1.